The van der Waals surface area contributed by atoms with E-state index in [1.54, 1.807) is 0 Å². The van der Waals surface area contributed by atoms with Crippen molar-refractivity contribution < 1.29 is 9.90 Å². The van der Waals surface area contributed by atoms with Crippen LogP contribution in [0.2, 0.25) is 0 Å². The summed E-state index contributed by atoms with van der Waals surface area (Å²) < 4.78 is 0. The van der Waals surface area contributed by atoms with E-state index in [4.69, 9.17) is 0 Å². The van der Waals surface area contributed by atoms with Gasteiger partial charge in [-0.1, -0.05) is 36.8 Å². The molecule has 23 heavy (non-hydrogen) atoms. The lowest BCUT2D eigenvalue weighted by atomic mass is 9.81. The summed E-state index contributed by atoms with van der Waals surface area (Å²) in [6, 6.07) is 10.0. The van der Waals surface area contributed by atoms with Crippen LogP contribution in [0.1, 0.15) is 25.0 Å². The summed E-state index contributed by atoms with van der Waals surface area (Å²) in [7, 11) is 0. The van der Waals surface area contributed by atoms with Crippen molar-refractivity contribution in [2.75, 3.05) is 13.1 Å². The number of rotatable bonds is 4. The molecule has 2 heterocycles. The van der Waals surface area contributed by atoms with Crippen LogP contribution in [0, 0.1) is 11.3 Å². The average molecular weight is 311 g/mol. The maximum absolute atomic E-state index is 11.7. The van der Waals surface area contributed by atoms with Crippen LogP contribution < -0.4 is 0 Å². The van der Waals surface area contributed by atoms with Crippen molar-refractivity contribution in [3.63, 3.8) is 0 Å². The zero-order valence-electron chi connectivity index (χ0n) is 13.0. The van der Waals surface area contributed by atoms with Gasteiger partial charge in [-0.3, -0.25) is 9.69 Å². The molecule has 1 saturated heterocycles. The number of nitrogens with zero attached hydrogens (tertiary/aromatic N) is 2. The number of benzene rings is 1. The predicted octanol–water partition coefficient (Wildman–Crippen LogP) is 2.76. The summed E-state index contributed by atoms with van der Waals surface area (Å²) >= 11 is 0. The maximum Gasteiger partial charge on any atom is 0.311 e. The lowest BCUT2D eigenvalue weighted by Gasteiger charge is -2.23. The Kier molecular flexibility index (Phi) is 3.45. The summed E-state index contributed by atoms with van der Waals surface area (Å²) in [4.78, 5) is 21.8. The van der Waals surface area contributed by atoms with E-state index in [9.17, 15) is 9.90 Å². The molecule has 2 N–H and O–H groups in total. The number of aromatic amines is 1. The highest BCUT2D eigenvalue weighted by molar-refractivity contribution is 5.76. The number of carboxylic acid groups (broad SMARTS) is 1. The lowest BCUT2D eigenvalue weighted by Crippen LogP contribution is -2.35. The Morgan fingerprint density at radius 3 is 2.96 bits per heavy atom. The number of carboxylic acids is 1. The van der Waals surface area contributed by atoms with E-state index in [0.717, 1.165) is 49.4 Å². The third-order valence-electron chi connectivity index (χ3n) is 5.44. The SMILES string of the molecule is O=C(O)[C@@]12CCC[C@H]1CN(Cc1cnc(-c3ccccc3)[nH]1)C2. The van der Waals surface area contributed by atoms with Crippen LogP contribution in [0.5, 0.6) is 0 Å². The highest BCUT2D eigenvalue weighted by Gasteiger charge is 2.54. The minimum atomic E-state index is -0.614. The monoisotopic (exact) mass is 311 g/mol. The topological polar surface area (TPSA) is 69.2 Å². The number of aliphatic carboxylic acids is 1. The largest absolute Gasteiger partial charge is 0.481 e. The number of hydrogen-bond donors (Lipinski definition) is 2. The second kappa shape index (κ2) is 5.49. The third kappa shape index (κ3) is 2.45. The number of fused-ring (bicyclic) bond motifs is 1. The molecule has 2 aromatic rings. The Morgan fingerprint density at radius 2 is 2.22 bits per heavy atom. The quantitative estimate of drug-likeness (QED) is 0.911. The Morgan fingerprint density at radius 1 is 1.39 bits per heavy atom. The molecule has 0 amide bonds. The van der Waals surface area contributed by atoms with Crippen LogP contribution in [-0.4, -0.2) is 39.0 Å². The summed E-state index contributed by atoms with van der Waals surface area (Å²) in [6.45, 7) is 2.28. The maximum atomic E-state index is 11.7. The Bertz CT molecular complexity index is 712. The molecule has 0 radical (unpaired) electrons. The van der Waals surface area contributed by atoms with Gasteiger partial charge in [0.1, 0.15) is 5.82 Å². The molecule has 120 valence electrons. The van der Waals surface area contributed by atoms with E-state index in [1.165, 1.54) is 0 Å². The zero-order chi connectivity index (χ0) is 15.9. The number of aromatic nitrogens is 2. The van der Waals surface area contributed by atoms with Crippen LogP contribution in [0.4, 0.5) is 0 Å². The lowest BCUT2D eigenvalue weighted by molar-refractivity contribution is -0.149. The van der Waals surface area contributed by atoms with Gasteiger partial charge in [0.25, 0.3) is 0 Å². The molecular formula is C18H21N3O2. The molecule has 1 aromatic heterocycles. The van der Waals surface area contributed by atoms with Gasteiger partial charge in [0.05, 0.1) is 5.41 Å². The first-order valence-electron chi connectivity index (χ1n) is 8.22. The van der Waals surface area contributed by atoms with Crippen molar-refractivity contribution in [3.8, 4) is 11.4 Å². The predicted molar refractivity (Wildman–Crippen MR) is 86.7 cm³/mol. The van der Waals surface area contributed by atoms with E-state index in [2.05, 4.69) is 14.9 Å². The van der Waals surface area contributed by atoms with Gasteiger partial charge in [-0.05, 0) is 18.8 Å². The van der Waals surface area contributed by atoms with Gasteiger partial charge in [0, 0.05) is 37.1 Å². The van der Waals surface area contributed by atoms with Crippen molar-refractivity contribution in [1.82, 2.24) is 14.9 Å². The minimum Gasteiger partial charge on any atom is -0.481 e. The van der Waals surface area contributed by atoms with Crippen LogP contribution in [0.25, 0.3) is 11.4 Å². The molecule has 4 rings (SSSR count). The highest BCUT2D eigenvalue weighted by Crippen LogP contribution is 2.49. The smallest absolute Gasteiger partial charge is 0.311 e. The van der Waals surface area contributed by atoms with E-state index >= 15 is 0 Å². The van der Waals surface area contributed by atoms with Gasteiger partial charge in [-0.25, -0.2) is 4.98 Å². The molecule has 1 aromatic carbocycles. The first kappa shape index (κ1) is 14.5. The normalized spacial score (nSPS) is 27.2. The van der Waals surface area contributed by atoms with E-state index < -0.39 is 11.4 Å². The highest BCUT2D eigenvalue weighted by atomic mass is 16.4. The van der Waals surface area contributed by atoms with Crippen LogP contribution in [-0.2, 0) is 11.3 Å². The Hall–Kier alpha value is -2.14. The molecule has 0 bridgehead atoms. The molecule has 1 aliphatic carbocycles. The molecule has 0 spiro atoms. The van der Waals surface area contributed by atoms with Gasteiger partial charge in [0.2, 0.25) is 0 Å². The Balaban J connectivity index is 1.48. The van der Waals surface area contributed by atoms with Crippen LogP contribution in [0.15, 0.2) is 36.5 Å². The molecule has 5 heteroatoms. The van der Waals surface area contributed by atoms with Gasteiger partial charge >= 0.3 is 5.97 Å². The minimum absolute atomic E-state index is 0.302. The molecule has 2 aliphatic rings. The second-order valence-corrected chi connectivity index (χ2v) is 6.84. The summed E-state index contributed by atoms with van der Waals surface area (Å²) in [5.41, 5.74) is 1.60. The molecule has 1 saturated carbocycles. The van der Waals surface area contributed by atoms with E-state index in [0.29, 0.717) is 12.5 Å². The first-order chi connectivity index (χ1) is 11.2. The fourth-order valence-electron chi connectivity index (χ4n) is 4.29. The van der Waals surface area contributed by atoms with Crippen molar-refractivity contribution in [3.05, 3.63) is 42.2 Å². The van der Waals surface area contributed by atoms with Crippen molar-refractivity contribution in [1.29, 1.82) is 0 Å². The molecule has 1 aliphatic heterocycles. The van der Waals surface area contributed by atoms with Gasteiger partial charge < -0.3 is 10.1 Å². The summed E-state index contributed by atoms with van der Waals surface area (Å²) in [6.07, 6.45) is 4.78. The number of nitrogens with one attached hydrogen (secondary N) is 1. The van der Waals surface area contributed by atoms with Crippen molar-refractivity contribution >= 4 is 5.97 Å². The summed E-state index contributed by atoms with van der Waals surface area (Å²) in [5.74, 6) is 0.557. The first-order valence-corrected chi connectivity index (χ1v) is 8.22. The molecule has 2 fully saturated rings. The van der Waals surface area contributed by atoms with Gasteiger partial charge in [-0.2, -0.15) is 0 Å². The average Bonchev–Trinajstić information content (AvgIpc) is 3.22. The zero-order valence-corrected chi connectivity index (χ0v) is 13.0. The summed E-state index contributed by atoms with van der Waals surface area (Å²) in [5, 5.41) is 9.66. The standard InChI is InChI=1S/C18H21N3O2/c22-17(23)18-8-4-7-14(18)10-21(12-18)11-15-9-19-16(20-15)13-5-2-1-3-6-13/h1-3,5-6,9,14H,4,7-8,10-12H2,(H,19,20)(H,22,23)/t14-,18+/m0/s1. The molecule has 0 unspecified atom stereocenters. The molecular weight excluding hydrogens is 290 g/mol. The number of H-pyrrole nitrogens is 1. The Labute approximate surface area is 135 Å². The van der Waals surface area contributed by atoms with E-state index in [1.807, 2.05) is 36.5 Å². The second-order valence-electron chi connectivity index (χ2n) is 6.84. The number of carbonyl (C=O) groups is 1. The third-order valence-corrected chi connectivity index (χ3v) is 5.44. The van der Waals surface area contributed by atoms with Gasteiger partial charge in [-0.15, -0.1) is 0 Å². The number of hydrogen-bond acceptors (Lipinski definition) is 3. The molecule has 5 nitrogen and oxygen atoms in total. The van der Waals surface area contributed by atoms with Crippen LogP contribution in [0.3, 0.4) is 0 Å². The fraction of sp³-hybridized carbons (Fsp3) is 0.444. The number of likely N-dealkylation sites (tertiary alicyclic amines) is 1. The molecule has 2 atom stereocenters. The number of imidazole rings is 1. The van der Waals surface area contributed by atoms with E-state index in [-0.39, 0.29) is 0 Å². The van der Waals surface area contributed by atoms with Crippen molar-refractivity contribution in [2.24, 2.45) is 11.3 Å². The van der Waals surface area contributed by atoms with Crippen LogP contribution >= 0.6 is 0 Å². The van der Waals surface area contributed by atoms with Crippen molar-refractivity contribution in [2.45, 2.75) is 25.8 Å². The van der Waals surface area contributed by atoms with Gasteiger partial charge in [0.15, 0.2) is 0 Å². The fourth-order valence-corrected chi connectivity index (χ4v) is 4.29.